The van der Waals surface area contributed by atoms with Gasteiger partial charge in [-0.25, -0.2) is 9.79 Å². The van der Waals surface area contributed by atoms with Crippen LogP contribution in [0.15, 0.2) is 92.3 Å². The number of carbonyl (C=O) groups is 1. The summed E-state index contributed by atoms with van der Waals surface area (Å²) < 4.78 is 20.0. The van der Waals surface area contributed by atoms with Crippen LogP contribution in [0.5, 0.6) is 11.5 Å². The van der Waals surface area contributed by atoms with Gasteiger partial charge in [0.15, 0.2) is 4.80 Å². The fourth-order valence-corrected chi connectivity index (χ4v) is 6.28. The van der Waals surface area contributed by atoms with Crippen molar-refractivity contribution in [1.29, 1.82) is 0 Å². The molecule has 5 rings (SSSR count). The number of aromatic nitrogens is 1. The van der Waals surface area contributed by atoms with E-state index >= 15 is 0 Å². The molecule has 0 unspecified atom stereocenters. The zero-order valence-corrected chi connectivity index (χ0v) is 27.4. The van der Waals surface area contributed by atoms with Gasteiger partial charge >= 0.3 is 5.97 Å². The molecule has 0 radical (unpaired) electrons. The predicted molar refractivity (Wildman–Crippen MR) is 174 cm³/mol. The molecule has 0 amide bonds. The molecule has 0 saturated heterocycles. The number of rotatable bonds is 10. The molecule has 1 aliphatic heterocycles. The van der Waals surface area contributed by atoms with Crippen molar-refractivity contribution in [2.75, 3.05) is 6.61 Å². The molecule has 0 aliphatic carbocycles. The summed E-state index contributed by atoms with van der Waals surface area (Å²) in [6.45, 7) is 7.86. The summed E-state index contributed by atoms with van der Waals surface area (Å²) >= 11 is 4.72. The Bertz CT molecular complexity index is 1960. The quantitative estimate of drug-likeness (QED) is 0.116. The third kappa shape index (κ3) is 7.07. The topological polar surface area (TPSA) is 122 Å². The summed E-state index contributed by atoms with van der Waals surface area (Å²) in [5.41, 5.74) is 2.55. The minimum atomic E-state index is -0.759. The van der Waals surface area contributed by atoms with Gasteiger partial charge in [-0.2, -0.15) is 0 Å². The van der Waals surface area contributed by atoms with Crippen LogP contribution < -0.4 is 24.4 Å². The lowest BCUT2D eigenvalue weighted by Gasteiger charge is -2.25. The molecule has 0 N–H and O–H groups in total. The lowest BCUT2D eigenvalue weighted by molar-refractivity contribution is -0.384. The minimum Gasteiger partial charge on any atom is -0.494 e. The fraction of sp³-hybridized carbons (Fsp3) is 0.242. The van der Waals surface area contributed by atoms with Crippen LogP contribution in [0.25, 0.3) is 6.08 Å². The van der Waals surface area contributed by atoms with Crippen molar-refractivity contribution in [3.05, 3.63) is 129 Å². The van der Waals surface area contributed by atoms with E-state index in [1.165, 1.54) is 28.0 Å². The van der Waals surface area contributed by atoms with Crippen molar-refractivity contribution in [3.8, 4) is 11.5 Å². The van der Waals surface area contributed by atoms with Gasteiger partial charge in [-0.1, -0.05) is 39.4 Å². The van der Waals surface area contributed by atoms with Crippen LogP contribution in [0.1, 0.15) is 50.4 Å². The Balaban J connectivity index is 1.57. The maximum absolute atomic E-state index is 14.1. The van der Waals surface area contributed by atoms with Gasteiger partial charge in [0.2, 0.25) is 0 Å². The van der Waals surface area contributed by atoms with Gasteiger partial charge in [0.1, 0.15) is 18.1 Å². The van der Waals surface area contributed by atoms with Crippen LogP contribution >= 0.6 is 27.3 Å². The molecule has 10 nitrogen and oxygen atoms in total. The van der Waals surface area contributed by atoms with Crippen molar-refractivity contribution in [2.45, 2.75) is 46.4 Å². The summed E-state index contributed by atoms with van der Waals surface area (Å²) in [5, 5.41) is 11.0. The molecule has 1 aromatic heterocycles. The first kappa shape index (κ1) is 31.9. The van der Waals surface area contributed by atoms with Gasteiger partial charge in [-0.05, 0) is 87.4 Å². The van der Waals surface area contributed by atoms with Gasteiger partial charge in [0.05, 0.1) is 39.5 Å². The number of esters is 1. The number of nitrogens with zero attached hydrogens (tertiary/aromatic N) is 3. The summed E-state index contributed by atoms with van der Waals surface area (Å²) in [4.78, 5) is 43.1. The first-order chi connectivity index (χ1) is 21.5. The third-order valence-corrected chi connectivity index (χ3v) is 8.37. The van der Waals surface area contributed by atoms with Crippen molar-refractivity contribution in [2.24, 2.45) is 4.99 Å². The van der Waals surface area contributed by atoms with E-state index in [-0.39, 0.29) is 24.0 Å². The highest BCUT2D eigenvalue weighted by Crippen LogP contribution is 2.32. The number of carbonyl (C=O) groups excluding carboxylic acids is 1. The Hall–Kier alpha value is -4.55. The average molecular weight is 693 g/mol. The lowest BCUT2D eigenvalue weighted by Crippen LogP contribution is -2.40. The Morgan fingerprint density at radius 2 is 1.82 bits per heavy atom. The van der Waals surface area contributed by atoms with Gasteiger partial charge in [-0.15, -0.1) is 0 Å². The molecule has 0 fully saturated rings. The zero-order valence-electron chi connectivity index (χ0n) is 25.0. The zero-order chi connectivity index (χ0) is 32.2. The first-order valence-corrected chi connectivity index (χ1v) is 15.8. The smallest absolute Gasteiger partial charge is 0.338 e. The Kier molecular flexibility index (Phi) is 9.64. The monoisotopic (exact) mass is 691 g/mol. The average Bonchev–Trinajstić information content (AvgIpc) is 3.30. The van der Waals surface area contributed by atoms with E-state index in [0.29, 0.717) is 49.8 Å². The van der Waals surface area contributed by atoms with E-state index in [0.717, 1.165) is 10.0 Å². The number of ether oxygens (including phenoxy) is 3. The van der Waals surface area contributed by atoms with Gasteiger partial charge in [-0.3, -0.25) is 19.5 Å². The van der Waals surface area contributed by atoms with Crippen LogP contribution in [0, 0.1) is 10.1 Å². The van der Waals surface area contributed by atoms with E-state index in [4.69, 9.17) is 14.2 Å². The number of hydrogen-bond donors (Lipinski definition) is 0. The predicted octanol–water partition coefficient (Wildman–Crippen LogP) is 5.84. The molecule has 1 atom stereocenters. The highest BCUT2D eigenvalue weighted by Gasteiger charge is 2.34. The number of benzene rings is 3. The van der Waals surface area contributed by atoms with E-state index in [1.807, 2.05) is 43.3 Å². The number of halogens is 1. The Labute approximate surface area is 271 Å². The second-order valence-electron chi connectivity index (χ2n) is 10.4. The van der Waals surface area contributed by atoms with E-state index in [1.54, 1.807) is 45.0 Å². The molecule has 2 heterocycles. The van der Waals surface area contributed by atoms with Crippen LogP contribution in [-0.2, 0) is 16.1 Å². The molecule has 0 spiro atoms. The molecule has 3 aromatic carbocycles. The van der Waals surface area contributed by atoms with Crippen LogP contribution in [0.4, 0.5) is 5.69 Å². The van der Waals surface area contributed by atoms with Crippen molar-refractivity contribution in [1.82, 2.24) is 4.57 Å². The van der Waals surface area contributed by atoms with Crippen molar-refractivity contribution >= 4 is 45.0 Å². The number of thiazole rings is 1. The first-order valence-electron chi connectivity index (χ1n) is 14.2. The molecular formula is C33H30BrN3O7S. The van der Waals surface area contributed by atoms with Crippen LogP contribution in [0.3, 0.4) is 0 Å². The Morgan fingerprint density at radius 3 is 2.47 bits per heavy atom. The molecule has 45 heavy (non-hydrogen) atoms. The number of nitro groups is 1. The third-order valence-electron chi connectivity index (χ3n) is 6.89. The minimum absolute atomic E-state index is 0.00198. The number of allylic oxidation sites excluding steroid dienone is 1. The van der Waals surface area contributed by atoms with Gasteiger partial charge < -0.3 is 14.2 Å². The molecule has 4 aromatic rings. The second-order valence-corrected chi connectivity index (χ2v) is 12.4. The van der Waals surface area contributed by atoms with Crippen molar-refractivity contribution < 1.29 is 23.9 Å². The Morgan fingerprint density at radius 1 is 1.11 bits per heavy atom. The van der Waals surface area contributed by atoms with Crippen LogP contribution in [-0.4, -0.2) is 28.2 Å². The van der Waals surface area contributed by atoms with E-state index in [9.17, 15) is 19.7 Å². The maximum Gasteiger partial charge on any atom is 0.338 e. The highest BCUT2D eigenvalue weighted by atomic mass is 79.9. The summed E-state index contributed by atoms with van der Waals surface area (Å²) in [6.07, 6.45) is 1.38. The van der Waals surface area contributed by atoms with Crippen molar-refractivity contribution in [3.63, 3.8) is 0 Å². The highest BCUT2D eigenvalue weighted by molar-refractivity contribution is 9.10. The van der Waals surface area contributed by atoms with Gasteiger partial charge in [0.25, 0.3) is 11.2 Å². The van der Waals surface area contributed by atoms with Crippen LogP contribution in [0.2, 0.25) is 0 Å². The second kappa shape index (κ2) is 13.6. The summed E-state index contributed by atoms with van der Waals surface area (Å²) in [7, 11) is 0. The molecule has 232 valence electrons. The molecule has 1 aliphatic rings. The standard InChI is InChI=1S/C33H30BrN3O7S/c1-5-42-26-13-8-22(9-14-26)30-29(32(39)44-19(2)3)20(4)35-33-36(30)31(38)28(45-33)17-23-16-24(34)10-15-27(23)43-18-21-6-11-25(12-7-21)37(40)41/h6-17,19,30H,5,18H2,1-4H3/b28-17+/t30-/m0/s1. The number of non-ortho nitro benzene ring substituents is 1. The summed E-state index contributed by atoms with van der Waals surface area (Å²) in [5.74, 6) is 0.660. The SMILES string of the molecule is CCOc1ccc([C@H]2C(C(=O)OC(C)C)=C(C)N=c3s/c(=C/c4cc(Br)ccc4OCc4ccc([N+](=O)[O-])cc4)c(=O)n32)cc1. The normalized spacial score (nSPS) is 14.6. The number of fused-ring (bicyclic) bond motifs is 1. The number of nitro benzene ring substituents is 1. The summed E-state index contributed by atoms with van der Waals surface area (Å²) in [6, 6.07) is 18.1. The molecule has 0 bridgehead atoms. The molecule has 0 saturated carbocycles. The fourth-order valence-electron chi connectivity index (χ4n) is 4.87. The van der Waals surface area contributed by atoms with E-state index < -0.39 is 16.9 Å². The molecular weight excluding hydrogens is 662 g/mol. The van der Waals surface area contributed by atoms with Gasteiger partial charge in [0, 0.05) is 22.2 Å². The lowest BCUT2D eigenvalue weighted by atomic mass is 9.96. The number of hydrogen-bond acceptors (Lipinski definition) is 9. The molecule has 12 heteroatoms. The largest absolute Gasteiger partial charge is 0.494 e. The maximum atomic E-state index is 14.1. The van der Waals surface area contributed by atoms with E-state index in [2.05, 4.69) is 20.9 Å².